The number of benzene rings is 1. The van der Waals surface area contributed by atoms with Crippen LogP contribution in [0.5, 0.6) is 0 Å². The maximum Gasteiger partial charge on any atom is 0.253 e. The molecule has 3 aromatic rings. The van der Waals surface area contributed by atoms with Gasteiger partial charge in [0.05, 0.1) is 23.0 Å². The average molecular weight is 353 g/mol. The first-order chi connectivity index (χ1) is 12.8. The van der Waals surface area contributed by atoms with Crippen molar-refractivity contribution >= 4 is 16.8 Å². The Morgan fingerprint density at radius 1 is 1.42 bits per heavy atom. The zero-order chi connectivity index (χ0) is 17.9. The Hall–Kier alpha value is -2.67. The molecule has 2 N–H and O–H groups in total. The second-order valence-electron chi connectivity index (χ2n) is 6.62. The molecule has 1 fully saturated rings. The van der Waals surface area contributed by atoms with E-state index in [1.165, 1.54) is 0 Å². The van der Waals surface area contributed by atoms with Gasteiger partial charge in [-0.05, 0) is 31.9 Å². The fourth-order valence-corrected chi connectivity index (χ4v) is 3.71. The molecule has 1 aliphatic rings. The molecule has 136 valence electrons. The van der Waals surface area contributed by atoms with Crippen LogP contribution in [0.25, 0.3) is 10.9 Å². The lowest BCUT2D eigenvalue weighted by Gasteiger charge is -2.32. The molecule has 26 heavy (non-hydrogen) atoms. The number of hydrogen-bond donors (Lipinski definition) is 2. The van der Waals surface area contributed by atoms with E-state index < -0.39 is 0 Å². The summed E-state index contributed by atoms with van der Waals surface area (Å²) in [4.78, 5) is 12.7. The van der Waals surface area contributed by atoms with E-state index in [0.717, 1.165) is 42.6 Å². The van der Waals surface area contributed by atoms with Crippen molar-refractivity contribution in [1.29, 1.82) is 0 Å². The first-order valence-electron chi connectivity index (χ1n) is 9.11. The molecule has 1 aliphatic heterocycles. The van der Waals surface area contributed by atoms with Gasteiger partial charge in [0.1, 0.15) is 6.10 Å². The van der Waals surface area contributed by atoms with Gasteiger partial charge in [-0.2, -0.15) is 10.2 Å². The van der Waals surface area contributed by atoms with E-state index in [9.17, 15) is 4.79 Å². The smallest absolute Gasteiger partial charge is 0.253 e. The zero-order valence-electron chi connectivity index (χ0n) is 14.8. The van der Waals surface area contributed by atoms with Gasteiger partial charge in [0.25, 0.3) is 5.91 Å². The average Bonchev–Trinajstić information content (AvgIpc) is 3.34. The van der Waals surface area contributed by atoms with E-state index in [1.54, 1.807) is 6.20 Å². The van der Waals surface area contributed by atoms with E-state index >= 15 is 0 Å². The molecule has 1 amide bonds. The number of carbonyl (C=O) groups is 1. The number of aromatic nitrogens is 4. The normalized spacial score (nSPS) is 20.3. The Kier molecular flexibility index (Phi) is 4.71. The highest BCUT2D eigenvalue weighted by Crippen LogP contribution is 2.33. The largest absolute Gasteiger partial charge is 0.372 e. The van der Waals surface area contributed by atoms with Crippen LogP contribution in [0.15, 0.2) is 36.7 Å². The van der Waals surface area contributed by atoms with Gasteiger partial charge in [0.15, 0.2) is 0 Å². The molecule has 4 rings (SSSR count). The fourth-order valence-electron chi connectivity index (χ4n) is 3.71. The maximum atomic E-state index is 12.7. The molecule has 7 heteroatoms. The molecule has 0 aliphatic carbocycles. The van der Waals surface area contributed by atoms with Crippen molar-refractivity contribution in [2.75, 3.05) is 13.2 Å². The minimum atomic E-state index is -0.0897. The Morgan fingerprint density at radius 2 is 2.35 bits per heavy atom. The van der Waals surface area contributed by atoms with Crippen LogP contribution in [0.4, 0.5) is 0 Å². The van der Waals surface area contributed by atoms with Crippen LogP contribution in [0.2, 0.25) is 0 Å². The highest BCUT2D eigenvalue weighted by Gasteiger charge is 2.30. The Labute approximate surface area is 151 Å². The summed E-state index contributed by atoms with van der Waals surface area (Å²) in [7, 11) is 0. The molecule has 2 aromatic heterocycles. The fraction of sp³-hybridized carbons (Fsp3) is 0.421. The van der Waals surface area contributed by atoms with Crippen LogP contribution < -0.4 is 5.32 Å². The van der Waals surface area contributed by atoms with Crippen LogP contribution in [0.1, 0.15) is 41.9 Å². The Balaban J connectivity index is 1.49. The third kappa shape index (κ3) is 3.10. The van der Waals surface area contributed by atoms with E-state index in [0.29, 0.717) is 12.1 Å². The second-order valence-corrected chi connectivity index (χ2v) is 6.62. The first kappa shape index (κ1) is 16.8. The number of H-pyrrole nitrogens is 1. The molecular weight excluding hydrogens is 330 g/mol. The number of nitrogens with zero attached hydrogens (tertiary/aromatic N) is 3. The number of amides is 1. The van der Waals surface area contributed by atoms with E-state index in [-0.39, 0.29) is 17.9 Å². The van der Waals surface area contributed by atoms with Gasteiger partial charge in [-0.3, -0.25) is 14.6 Å². The lowest BCUT2D eigenvalue weighted by molar-refractivity contribution is -0.0321. The molecule has 0 bridgehead atoms. The van der Waals surface area contributed by atoms with Gasteiger partial charge < -0.3 is 10.1 Å². The summed E-state index contributed by atoms with van der Waals surface area (Å²) < 4.78 is 8.01. The van der Waals surface area contributed by atoms with Gasteiger partial charge in [-0.15, -0.1) is 0 Å². The predicted octanol–water partition coefficient (Wildman–Crippen LogP) is 2.68. The van der Waals surface area contributed by atoms with E-state index in [2.05, 4.69) is 27.5 Å². The molecule has 2 atom stereocenters. The summed E-state index contributed by atoms with van der Waals surface area (Å²) in [6.07, 6.45) is 5.53. The summed E-state index contributed by atoms with van der Waals surface area (Å²) in [6, 6.07) is 7.64. The number of nitrogens with one attached hydrogen (secondary N) is 2. The lowest BCUT2D eigenvalue weighted by atomic mass is 9.92. The monoisotopic (exact) mass is 353 g/mol. The summed E-state index contributed by atoms with van der Waals surface area (Å²) >= 11 is 0. The number of hydrogen-bond acceptors (Lipinski definition) is 4. The molecular formula is C19H23N5O2. The predicted molar refractivity (Wildman–Crippen MR) is 97.7 cm³/mol. The third-order valence-electron chi connectivity index (χ3n) is 5.03. The van der Waals surface area contributed by atoms with Crippen molar-refractivity contribution in [3.63, 3.8) is 0 Å². The van der Waals surface area contributed by atoms with Gasteiger partial charge in [0.2, 0.25) is 0 Å². The van der Waals surface area contributed by atoms with Gasteiger partial charge >= 0.3 is 0 Å². The summed E-state index contributed by atoms with van der Waals surface area (Å²) in [5.41, 5.74) is 2.47. The lowest BCUT2D eigenvalue weighted by Crippen LogP contribution is -2.36. The number of fused-ring (bicyclic) bond motifs is 1. The molecule has 3 heterocycles. The van der Waals surface area contributed by atoms with Crippen LogP contribution in [-0.2, 0) is 11.3 Å². The molecule has 7 nitrogen and oxygen atoms in total. The van der Waals surface area contributed by atoms with Crippen LogP contribution >= 0.6 is 0 Å². The number of rotatable bonds is 5. The standard InChI is InChI=1S/C19H23N5O2/c1-2-24-16(8-9-22-24)18-14(6-4-10-26-18)11-20-19(25)15-7-3-5-13-12-21-23-17(13)15/h3,5,7-9,12,14,18H,2,4,6,10-11H2,1H3,(H,20,25)(H,21,23)/t14-,18+/m0/s1. The first-order valence-corrected chi connectivity index (χ1v) is 9.11. The number of carbonyl (C=O) groups excluding carboxylic acids is 1. The van der Waals surface area contributed by atoms with Crippen molar-refractivity contribution < 1.29 is 9.53 Å². The molecule has 1 saturated heterocycles. The number of aromatic amines is 1. The van der Waals surface area contributed by atoms with Crippen molar-refractivity contribution in [3.8, 4) is 0 Å². The topological polar surface area (TPSA) is 84.8 Å². The second kappa shape index (κ2) is 7.29. The molecule has 1 aromatic carbocycles. The zero-order valence-corrected chi connectivity index (χ0v) is 14.8. The van der Waals surface area contributed by atoms with Crippen molar-refractivity contribution in [1.82, 2.24) is 25.3 Å². The Morgan fingerprint density at radius 3 is 3.23 bits per heavy atom. The van der Waals surface area contributed by atoms with Gasteiger partial charge in [-0.1, -0.05) is 12.1 Å². The molecule has 0 saturated carbocycles. The SMILES string of the molecule is CCn1nccc1[C@@H]1OCCC[C@H]1CNC(=O)c1cccc2cn[nH]c12. The van der Waals surface area contributed by atoms with Crippen LogP contribution in [0, 0.1) is 5.92 Å². The number of aryl methyl sites for hydroxylation is 1. The molecule has 0 radical (unpaired) electrons. The van der Waals surface area contributed by atoms with Gasteiger partial charge in [0, 0.05) is 37.2 Å². The highest BCUT2D eigenvalue weighted by atomic mass is 16.5. The van der Waals surface area contributed by atoms with Crippen LogP contribution in [0.3, 0.4) is 0 Å². The molecule has 0 unspecified atom stereocenters. The minimum Gasteiger partial charge on any atom is -0.372 e. The highest BCUT2D eigenvalue weighted by molar-refractivity contribution is 6.05. The van der Waals surface area contributed by atoms with Crippen molar-refractivity contribution in [2.45, 2.75) is 32.4 Å². The number of para-hydroxylation sites is 1. The maximum absolute atomic E-state index is 12.7. The number of ether oxygens (including phenoxy) is 1. The van der Waals surface area contributed by atoms with Crippen molar-refractivity contribution in [2.24, 2.45) is 5.92 Å². The van der Waals surface area contributed by atoms with E-state index in [1.807, 2.05) is 35.1 Å². The summed E-state index contributed by atoms with van der Waals surface area (Å²) in [6.45, 7) is 4.20. The van der Waals surface area contributed by atoms with E-state index in [4.69, 9.17) is 4.74 Å². The van der Waals surface area contributed by atoms with Crippen molar-refractivity contribution in [3.05, 3.63) is 47.9 Å². The summed E-state index contributed by atoms with van der Waals surface area (Å²) in [5.74, 6) is 0.142. The quantitative estimate of drug-likeness (QED) is 0.738. The minimum absolute atomic E-state index is 0.0329. The Bertz CT molecular complexity index is 900. The summed E-state index contributed by atoms with van der Waals surface area (Å²) in [5, 5.41) is 15.3. The van der Waals surface area contributed by atoms with Crippen LogP contribution in [-0.4, -0.2) is 39.0 Å². The molecule has 0 spiro atoms. The van der Waals surface area contributed by atoms with Gasteiger partial charge in [-0.25, -0.2) is 0 Å². The third-order valence-corrected chi connectivity index (χ3v) is 5.03.